The normalized spacial score (nSPS) is 29.1. The number of aliphatic hydroxyl groups excluding tert-OH is 1. The molecule has 1 aliphatic heterocycles. The van der Waals surface area contributed by atoms with Gasteiger partial charge in [0.15, 0.2) is 0 Å². The Morgan fingerprint density at radius 1 is 1.43 bits per heavy atom. The van der Waals surface area contributed by atoms with E-state index in [1.54, 1.807) is 0 Å². The third-order valence-corrected chi connectivity index (χ3v) is 3.09. The van der Waals surface area contributed by atoms with Crippen LogP contribution in [-0.4, -0.2) is 35.6 Å². The molecule has 2 unspecified atom stereocenters. The Kier molecular flexibility index (Phi) is 4.53. The van der Waals surface area contributed by atoms with E-state index in [0.29, 0.717) is 19.4 Å². The van der Waals surface area contributed by atoms with Gasteiger partial charge in [0.1, 0.15) is 0 Å². The van der Waals surface area contributed by atoms with Crippen molar-refractivity contribution in [2.24, 2.45) is 5.92 Å². The van der Waals surface area contributed by atoms with Crippen LogP contribution in [-0.2, 0) is 0 Å². The first-order valence-corrected chi connectivity index (χ1v) is 5.57. The van der Waals surface area contributed by atoms with Gasteiger partial charge in [0.25, 0.3) is 0 Å². The van der Waals surface area contributed by atoms with Crippen LogP contribution in [0.5, 0.6) is 0 Å². The Bertz CT molecular complexity index is 176. The summed E-state index contributed by atoms with van der Waals surface area (Å²) in [6.45, 7) is 1.38. The Hall–Kier alpha value is 0.0600. The van der Waals surface area contributed by atoms with Crippen molar-refractivity contribution < 1.29 is 18.3 Å². The molecule has 14 heavy (non-hydrogen) atoms. The number of hydrogen-bond donors (Lipinski definition) is 2. The van der Waals surface area contributed by atoms with Crippen LogP contribution in [0.15, 0.2) is 0 Å². The molecule has 0 bridgehead atoms. The zero-order chi connectivity index (χ0) is 10.6. The molecular weight excluding hydrogens is 215 g/mol. The van der Waals surface area contributed by atoms with Crippen molar-refractivity contribution in [2.45, 2.75) is 24.5 Å². The molecule has 0 saturated carbocycles. The van der Waals surface area contributed by atoms with Gasteiger partial charge in [-0.2, -0.15) is 13.2 Å². The molecule has 2 nitrogen and oxygen atoms in total. The Morgan fingerprint density at radius 3 is 2.71 bits per heavy atom. The maximum absolute atomic E-state index is 11.8. The largest absolute Gasteiger partial charge is 0.441 e. The van der Waals surface area contributed by atoms with Gasteiger partial charge in [-0.15, -0.1) is 0 Å². The topological polar surface area (TPSA) is 32.3 Å². The molecule has 0 aromatic heterocycles. The summed E-state index contributed by atoms with van der Waals surface area (Å²) in [5.41, 5.74) is -4.15. The molecule has 0 aromatic carbocycles. The molecule has 2 N–H and O–H groups in total. The fourth-order valence-corrected chi connectivity index (χ4v) is 2.18. The molecule has 1 fully saturated rings. The van der Waals surface area contributed by atoms with E-state index in [9.17, 15) is 18.3 Å². The summed E-state index contributed by atoms with van der Waals surface area (Å²) < 4.78 is 35.4. The summed E-state index contributed by atoms with van der Waals surface area (Å²) in [7, 11) is 0. The minimum atomic E-state index is -4.15. The zero-order valence-corrected chi connectivity index (χ0v) is 8.50. The lowest BCUT2D eigenvalue weighted by Crippen LogP contribution is -2.40. The van der Waals surface area contributed by atoms with E-state index in [0.717, 1.165) is 6.54 Å². The molecule has 2 atom stereocenters. The maximum Gasteiger partial charge on any atom is 0.441 e. The van der Waals surface area contributed by atoms with Crippen molar-refractivity contribution in [3.8, 4) is 0 Å². The SMILES string of the molecule is OC1CCNCC1CCSC(F)(F)F. The number of thioether (sulfide) groups is 1. The summed E-state index contributed by atoms with van der Waals surface area (Å²) in [6, 6.07) is 0. The van der Waals surface area contributed by atoms with Crippen molar-refractivity contribution in [1.29, 1.82) is 0 Å². The van der Waals surface area contributed by atoms with Gasteiger partial charge in [0, 0.05) is 12.3 Å². The molecule has 6 heteroatoms. The second-order valence-corrected chi connectivity index (χ2v) is 4.56. The molecule has 0 aliphatic carbocycles. The summed E-state index contributed by atoms with van der Waals surface area (Å²) in [5.74, 6) is 0.00556. The third kappa shape index (κ3) is 4.52. The minimum absolute atomic E-state index is 0.00963. The molecule has 0 aromatic rings. The van der Waals surface area contributed by atoms with Crippen molar-refractivity contribution in [2.75, 3.05) is 18.8 Å². The van der Waals surface area contributed by atoms with E-state index in [-0.39, 0.29) is 23.4 Å². The van der Waals surface area contributed by atoms with Crippen LogP contribution in [0.4, 0.5) is 13.2 Å². The lowest BCUT2D eigenvalue weighted by Gasteiger charge is -2.28. The summed E-state index contributed by atoms with van der Waals surface area (Å²) >= 11 is -0.00963. The predicted molar refractivity (Wildman–Crippen MR) is 50.1 cm³/mol. The molecule has 1 rings (SSSR count). The first-order valence-electron chi connectivity index (χ1n) is 4.58. The van der Waals surface area contributed by atoms with Gasteiger partial charge in [-0.25, -0.2) is 0 Å². The van der Waals surface area contributed by atoms with Crippen LogP contribution in [0.1, 0.15) is 12.8 Å². The average Bonchev–Trinajstić information content (AvgIpc) is 2.06. The zero-order valence-electron chi connectivity index (χ0n) is 7.68. The predicted octanol–water partition coefficient (Wildman–Crippen LogP) is 1.60. The van der Waals surface area contributed by atoms with E-state index in [2.05, 4.69) is 5.32 Å². The quantitative estimate of drug-likeness (QED) is 0.771. The highest BCUT2D eigenvalue weighted by molar-refractivity contribution is 8.00. The van der Waals surface area contributed by atoms with Crippen molar-refractivity contribution >= 4 is 11.8 Å². The number of piperidine rings is 1. The molecule has 1 saturated heterocycles. The van der Waals surface area contributed by atoms with Gasteiger partial charge in [-0.05, 0) is 25.3 Å². The highest BCUT2D eigenvalue weighted by Crippen LogP contribution is 2.31. The van der Waals surface area contributed by atoms with E-state index in [1.807, 2.05) is 0 Å². The number of alkyl halides is 3. The smallest absolute Gasteiger partial charge is 0.393 e. The number of nitrogens with one attached hydrogen (secondary N) is 1. The molecule has 1 heterocycles. The van der Waals surface area contributed by atoms with Gasteiger partial charge < -0.3 is 10.4 Å². The minimum Gasteiger partial charge on any atom is -0.393 e. The van der Waals surface area contributed by atoms with Crippen LogP contribution in [0.25, 0.3) is 0 Å². The molecular formula is C8H14F3NOS. The van der Waals surface area contributed by atoms with Crippen LogP contribution in [0.3, 0.4) is 0 Å². The Morgan fingerprint density at radius 2 is 2.14 bits per heavy atom. The van der Waals surface area contributed by atoms with Crippen LogP contribution < -0.4 is 5.32 Å². The first kappa shape index (κ1) is 12.1. The van der Waals surface area contributed by atoms with Crippen molar-refractivity contribution in [3.05, 3.63) is 0 Å². The molecule has 0 radical (unpaired) electrons. The third-order valence-electron chi connectivity index (χ3n) is 2.32. The standard InChI is InChI=1S/C8H14F3NOS/c9-8(10,11)14-4-2-6-5-12-3-1-7(6)13/h6-7,12-13H,1-5H2. The molecule has 1 aliphatic rings. The number of halogens is 3. The highest BCUT2D eigenvalue weighted by atomic mass is 32.2. The van der Waals surface area contributed by atoms with Gasteiger partial charge in [-0.1, -0.05) is 11.8 Å². The fraction of sp³-hybridized carbons (Fsp3) is 1.00. The van der Waals surface area contributed by atoms with Crippen LogP contribution in [0.2, 0.25) is 0 Å². The summed E-state index contributed by atoms with van der Waals surface area (Å²) in [6.07, 6.45) is 0.616. The van der Waals surface area contributed by atoms with Gasteiger partial charge in [0.05, 0.1) is 6.10 Å². The Labute approximate surface area is 85.3 Å². The van der Waals surface area contributed by atoms with E-state index >= 15 is 0 Å². The summed E-state index contributed by atoms with van der Waals surface area (Å²) in [5, 5.41) is 12.5. The van der Waals surface area contributed by atoms with Crippen molar-refractivity contribution in [3.63, 3.8) is 0 Å². The number of aliphatic hydroxyl groups is 1. The van der Waals surface area contributed by atoms with Crippen LogP contribution in [0, 0.1) is 5.92 Å². The number of hydrogen-bond acceptors (Lipinski definition) is 3. The lowest BCUT2D eigenvalue weighted by molar-refractivity contribution is -0.0330. The molecule has 0 spiro atoms. The number of rotatable bonds is 3. The molecule has 84 valence electrons. The van der Waals surface area contributed by atoms with E-state index in [1.165, 1.54) is 0 Å². The Balaban J connectivity index is 2.17. The van der Waals surface area contributed by atoms with Gasteiger partial charge >= 0.3 is 5.51 Å². The highest BCUT2D eigenvalue weighted by Gasteiger charge is 2.29. The van der Waals surface area contributed by atoms with Gasteiger partial charge in [-0.3, -0.25) is 0 Å². The second-order valence-electron chi connectivity index (χ2n) is 3.40. The average molecular weight is 229 g/mol. The lowest BCUT2D eigenvalue weighted by atomic mass is 9.94. The second kappa shape index (κ2) is 5.23. The summed E-state index contributed by atoms with van der Waals surface area (Å²) in [4.78, 5) is 0. The molecule has 0 amide bonds. The monoisotopic (exact) mass is 229 g/mol. The van der Waals surface area contributed by atoms with Crippen molar-refractivity contribution in [1.82, 2.24) is 5.32 Å². The van der Waals surface area contributed by atoms with Gasteiger partial charge in [0.2, 0.25) is 0 Å². The van der Waals surface area contributed by atoms with Crippen LogP contribution >= 0.6 is 11.8 Å². The fourth-order valence-electron chi connectivity index (χ4n) is 1.53. The van der Waals surface area contributed by atoms with E-state index < -0.39 is 11.6 Å². The maximum atomic E-state index is 11.8. The van der Waals surface area contributed by atoms with E-state index in [4.69, 9.17) is 0 Å². The first-order chi connectivity index (χ1) is 6.49.